The molecule has 0 radical (unpaired) electrons. The van der Waals surface area contributed by atoms with Gasteiger partial charge in [-0.05, 0) is 63.8 Å². The van der Waals surface area contributed by atoms with Crippen molar-refractivity contribution >= 4 is 41.6 Å². The van der Waals surface area contributed by atoms with Crippen molar-refractivity contribution in [3.8, 4) is 0 Å². The highest BCUT2D eigenvalue weighted by Gasteiger charge is 2.36. The quantitative estimate of drug-likeness (QED) is 0.445. The number of benzene rings is 2. The Balaban J connectivity index is 1.35. The molecule has 0 amide bonds. The smallest absolute Gasteiger partial charge is 0.207 e. The van der Waals surface area contributed by atoms with Gasteiger partial charge >= 0.3 is 0 Å². The summed E-state index contributed by atoms with van der Waals surface area (Å²) in [4.78, 5) is 0.588. The first-order chi connectivity index (χ1) is 16.1. The van der Waals surface area contributed by atoms with Gasteiger partial charge in [-0.2, -0.15) is 0 Å². The zero-order chi connectivity index (χ0) is 24.3. The lowest BCUT2D eigenvalue weighted by Crippen LogP contribution is -2.39. The summed E-state index contributed by atoms with van der Waals surface area (Å²) in [6.07, 6.45) is 5.49. The van der Waals surface area contributed by atoms with E-state index in [1.54, 1.807) is 45.9 Å². The summed E-state index contributed by atoms with van der Waals surface area (Å²) in [6.45, 7) is 3.86. The van der Waals surface area contributed by atoms with Crippen molar-refractivity contribution in [1.29, 1.82) is 0 Å². The Morgan fingerprint density at radius 1 is 0.618 bits per heavy atom. The van der Waals surface area contributed by atoms with E-state index in [2.05, 4.69) is 9.44 Å². The minimum Gasteiger partial charge on any atom is -0.207 e. The first kappa shape index (κ1) is 26.0. The highest BCUT2D eigenvalue weighted by atomic mass is 33.1. The number of aryl methyl sites for hydroxylation is 2. The molecule has 0 spiro atoms. The van der Waals surface area contributed by atoms with Crippen molar-refractivity contribution in [2.75, 3.05) is 0 Å². The molecule has 2 aliphatic carbocycles. The fraction of sp³-hybridized carbons (Fsp3) is 0.500. The zero-order valence-electron chi connectivity index (χ0n) is 19.4. The van der Waals surface area contributed by atoms with Gasteiger partial charge in [-0.25, -0.2) is 26.3 Å². The van der Waals surface area contributed by atoms with Crippen LogP contribution in [-0.2, 0) is 20.0 Å². The van der Waals surface area contributed by atoms with Crippen LogP contribution in [0.1, 0.15) is 49.7 Å². The SMILES string of the molecule is Cc1ccc(S(=O)(=O)N[C@H]2CCC[C@@H]2SS[C@H]2CCC[C@@H]2NS(=O)(=O)c2ccc(C)cc2)cc1. The van der Waals surface area contributed by atoms with Crippen LogP contribution in [0.5, 0.6) is 0 Å². The van der Waals surface area contributed by atoms with Crippen molar-refractivity contribution in [3.63, 3.8) is 0 Å². The Morgan fingerprint density at radius 2 is 0.971 bits per heavy atom. The minimum absolute atomic E-state index is 0.118. The van der Waals surface area contributed by atoms with Gasteiger partial charge in [0.1, 0.15) is 0 Å². The van der Waals surface area contributed by atoms with E-state index >= 15 is 0 Å². The fourth-order valence-electron chi connectivity index (χ4n) is 4.46. The van der Waals surface area contributed by atoms with Crippen LogP contribution in [0.25, 0.3) is 0 Å². The maximum Gasteiger partial charge on any atom is 0.240 e. The lowest BCUT2D eigenvalue weighted by atomic mass is 10.2. The largest absolute Gasteiger partial charge is 0.240 e. The van der Waals surface area contributed by atoms with Crippen LogP contribution >= 0.6 is 21.6 Å². The molecular formula is C24H32N2O4S4. The molecule has 6 nitrogen and oxygen atoms in total. The van der Waals surface area contributed by atoms with Crippen molar-refractivity contribution < 1.29 is 16.8 Å². The van der Waals surface area contributed by atoms with Gasteiger partial charge < -0.3 is 0 Å². The van der Waals surface area contributed by atoms with Crippen LogP contribution in [0.15, 0.2) is 58.3 Å². The topological polar surface area (TPSA) is 92.3 Å². The van der Waals surface area contributed by atoms with Gasteiger partial charge in [-0.3, -0.25) is 0 Å². The van der Waals surface area contributed by atoms with E-state index in [0.29, 0.717) is 9.79 Å². The van der Waals surface area contributed by atoms with Crippen LogP contribution in [0.2, 0.25) is 0 Å². The lowest BCUT2D eigenvalue weighted by Gasteiger charge is -2.24. The van der Waals surface area contributed by atoms with E-state index < -0.39 is 20.0 Å². The van der Waals surface area contributed by atoms with Crippen LogP contribution in [0.3, 0.4) is 0 Å². The van der Waals surface area contributed by atoms with E-state index in [-0.39, 0.29) is 22.6 Å². The molecule has 2 aromatic carbocycles. The van der Waals surface area contributed by atoms with Gasteiger partial charge in [0.15, 0.2) is 0 Å². The van der Waals surface area contributed by atoms with Gasteiger partial charge in [0, 0.05) is 22.6 Å². The Labute approximate surface area is 211 Å². The number of hydrogen-bond donors (Lipinski definition) is 2. The van der Waals surface area contributed by atoms with E-state index in [1.807, 2.05) is 38.1 Å². The van der Waals surface area contributed by atoms with Gasteiger partial charge in [0.2, 0.25) is 20.0 Å². The lowest BCUT2D eigenvalue weighted by molar-refractivity contribution is 0.553. The van der Waals surface area contributed by atoms with E-state index in [0.717, 1.165) is 49.7 Å². The Bertz CT molecular complexity index is 1090. The molecule has 2 aliphatic rings. The van der Waals surface area contributed by atoms with Crippen molar-refractivity contribution in [3.05, 3.63) is 59.7 Å². The van der Waals surface area contributed by atoms with Gasteiger partial charge in [-0.15, -0.1) is 0 Å². The van der Waals surface area contributed by atoms with Crippen LogP contribution in [0.4, 0.5) is 0 Å². The van der Waals surface area contributed by atoms with E-state index in [4.69, 9.17) is 0 Å². The molecule has 2 N–H and O–H groups in total. The van der Waals surface area contributed by atoms with E-state index in [1.165, 1.54) is 0 Å². The summed E-state index contributed by atoms with van der Waals surface area (Å²) in [6, 6.07) is 13.6. The number of hydrogen-bond acceptors (Lipinski definition) is 6. The minimum atomic E-state index is -3.56. The third-order valence-electron chi connectivity index (χ3n) is 6.48. The fourth-order valence-corrected chi connectivity index (χ4v) is 11.0. The summed E-state index contributed by atoms with van der Waals surface area (Å²) >= 11 is 0. The second-order valence-corrected chi connectivity index (χ2v) is 15.4. The molecule has 2 saturated carbocycles. The first-order valence-electron chi connectivity index (χ1n) is 11.6. The van der Waals surface area contributed by atoms with Gasteiger partial charge in [0.05, 0.1) is 9.79 Å². The summed E-state index contributed by atoms with van der Waals surface area (Å²) in [5.74, 6) is 0. The normalized spacial score (nSPS) is 25.6. The average molecular weight is 541 g/mol. The monoisotopic (exact) mass is 540 g/mol. The van der Waals surface area contributed by atoms with Gasteiger partial charge in [-0.1, -0.05) is 69.8 Å². The summed E-state index contributed by atoms with van der Waals surface area (Å²) < 4.78 is 57.3. The Kier molecular flexibility index (Phi) is 8.36. The molecule has 0 heterocycles. The third kappa shape index (κ3) is 6.39. The first-order valence-corrected chi connectivity index (χ1v) is 16.9. The van der Waals surface area contributed by atoms with Gasteiger partial charge in [0.25, 0.3) is 0 Å². The standard InChI is InChI=1S/C24H32N2O4S4/c1-17-9-13-19(14-10-17)33(27,28)25-21-5-3-7-23(21)31-32-24-8-4-6-22(24)26-34(29,30)20-15-11-18(2)12-16-20/h9-16,21-26H,3-8H2,1-2H3/t21-,22-,23-,24-/m0/s1. The summed E-state index contributed by atoms with van der Waals surface area (Å²) in [7, 11) is -3.71. The predicted molar refractivity (Wildman–Crippen MR) is 141 cm³/mol. The molecule has 2 fully saturated rings. The molecule has 0 aromatic heterocycles. The van der Waals surface area contributed by atoms with Crippen molar-refractivity contribution in [2.45, 2.75) is 84.7 Å². The van der Waals surface area contributed by atoms with E-state index in [9.17, 15) is 16.8 Å². The molecule has 34 heavy (non-hydrogen) atoms. The van der Waals surface area contributed by atoms with Crippen LogP contribution < -0.4 is 9.44 Å². The van der Waals surface area contributed by atoms with Crippen molar-refractivity contribution in [2.24, 2.45) is 0 Å². The van der Waals surface area contributed by atoms with Crippen LogP contribution in [-0.4, -0.2) is 39.4 Å². The highest BCUT2D eigenvalue weighted by molar-refractivity contribution is 8.77. The highest BCUT2D eigenvalue weighted by Crippen LogP contribution is 2.44. The predicted octanol–water partition coefficient (Wildman–Crippen LogP) is 4.78. The van der Waals surface area contributed by atoms with Crippen molar-refractivity contribution in [1.82, 2.24) is 9.44 Å². The second-order valence-electron chi connectivity index (χ2n) is 9.21. The molecule has 4 rings (SSSR count). The molecule has 0 bridgehead atoms. The molecule has 10 heteroatoms. The maximum atomic E-state index is 12.9. The summed E-state index contributed by atoms with van der Waals surface area (Å²) in [5, 5.41) is 0.334. The molecule has 2 aromatic rings. The molecular weight excluding hydrogens is 509 g/mol. The Hall–Kier alpha value is -1.04. The number of rotatable bonds is 9. The summed E-state index contributed by atoms with van der Waals surface area (Å²) in [5.41, 5.74) is 2.04. The molecule has 0 aliphatic heterocycles. The zero-order valence-corrected chi connectivity index (χ0v) is 22.7. The average Bonchev–Trinajstić information content (AvgIpc) is 3.41. The number of nitrogens with one attached hydrogen (secondary N) is 2. The maximum absolute atomic E-state index is 12.9. The Morgan fingerprint density at radius 3 is 1.32 bits per heavy atom. The second kappa shape index (κ2) is 10.9. The molecule has 0 saturated heterocycles. The molecule has 4 atom stereocenters. The third-order valence-corrected chi connectivity index (χ3v) is 13.0. The molecule has 0 unspecified atom stereocenters. The molecule has 186 valence electrons. The van der Waals surface area contributed by atoms with Crippen LogP contribution in [0, 0.1) is 13.8 Å². The number of sulfonamides is 2.